The lowest BCUT2D eigenvalue weighted by Crippen LogP contribution is -2.56. The van der Waals surface area contributed by atoms with Crippen LogP contribution in [0, 0.1) is 0 Å². The molecule has 0 saturated carbocycles. The van der Waals surface area contributed by atoms with Gasteiger partial charge in [-0.2, -0.15) is 0 Å². The number of esters is 4. The first kappa shape index (κ1) is 91.7. The minimum Gasteiger partial charge on any atom is -0.460 e. The average Bonchev–Trinajstić information content (AvgIpc) is 0.669. The average molecular weight is 1730 g/mol. The molecule has 2 unspecified atom stereocenters. The van der Waals surface area contributed by atoms with E-state index in [0.29, 0.717) is 11.1 Å². The van der Waals surface area contributed by atoms with Gasteiger partial charge in [0.05, 0.1) is 48.4 Å². The van der Waals surface area contributed by atoms with E-state index in [0.717, 1.165) is 32.1 Å². The van der Waals surface area contributed by atoms with E-state index in [1.165, 1.54) is 61.8 Å². The quantitative estimate of drug-likeness (QED) is 0.00947. The summed E-state index contributed by atoms with van der Waals surface area (Å²) in [5, 5.41) is 1.14. The first-order chi connectivity index (χ1) is 60.5. The molecule has 0 fully saturated rings. The highest BCUT2D eigenvalue weighted by atomic mass is 16.5. The summed E-state index contributed by atoms with van der Waals surface area (Å²) in [6, 6.07) is 50.0. The highest BCUT2D eigenvalue weighted by Gasteiger charge is 2.48. The number of nitrogens with zero attached hydrogens (tertiary/aromatic N) is 4. The zero-order valence-corrected chi connectivity index (χ0v) is 75.5. The molecule has 0 bridgehead atoms. The van der Waals surface area contributed by atoms with Crippen LogP contribution in [0.5, 0.6) is 46.0 Å². The number of rotatable bonds is 32. The van der Waals surface area contributed by atoms with Crippen LogP contribution in [-0.4, -0.2) is 144 Å². The number of carbonyl (C=O) groups is 10. The van der Waals surface area contributed by atoms with Gasteiger partial charge in [-0.3, -0.25) is 38.6 Å². The van der Waals surface area contributed by atoms with E-state index in [4.69, 9.17) is 37.9 Å². The van der Waals surface area contributed by atoms with Crippen molar-refractivity contribution in [2.24, 2.45) is 0 Å². The van der Waals surface area contributed by atoms with E-state index in [2.05, 4.69) is 109 Å². The van der Waals surface area contributed by atoms with Gasteiger partial charge in [-0.05, 0) is 156 Å². The van der Waals surface area contributed by atoms with E-state index in [1.54, 1.807) is 109 Å². The summed E-state index contributed by atoms with van der Waals surface area (Å²) in [5.74, 6) is -7.44. The van der Waals surface area contributed by atoms with Crippen LogP contribution in [0.3, 0.4) is 0 Å². The number of imide groups is 2. The number of carbonyl (C=O) groups excluding carboxylic acids is 10. The van der Waals surface area contributed by atoms with Crippen LogP contribution in [0.2, 0.25) is 0 Å². The van der Waals surface area contributed by atoms with Gasteiger partial charge >= 0.3 is 23.9 Å². The fourth-order valence-electron chi connectivity index (χ4n) is 15.9. The zero-order chi connectivity index (χ0) is 92.5. The molecule has 0 aliphatic carbocycles. The van der Waals surface area contributed by atoms with Crippen molar-refractivity contribution in [3.8, 4) is 46.0 Å². The van der Waals surface area contributed by atoms with Crippen molar-refractivity contribution in [2.45, 2.75) is 157 Å². The molecule has 0 spiro atoms. The Kier molecular flexibility index (Phi) is 26.4. The van der Waals surface area contributed by atoms with Crippen LogP contribution >= 0.6 is 0 Å². The SMILES string of the molecule is C=C(C)C(=O)OCCN(CCOC(=O)C(=C)C)C(=O)C(Cc1ccccc1)N1C(=O)c2cc(Oc3ccc(C(C)(C)C)cc3)c3c4c(Oc5ccc(C(C)(C)C)cc5)cc5c6c(cc(Oc7ccc(C(C)(C)C)cc7)c(c7c(Oc8ccc(C(C)(C)C)cc8)cc(c2c37)C1=O)c64)C(=O)N(C(Cc1ccccc1)C(=O)N(CCOC(=O)C(=C)C)CCOC(=O)C(=C)C)C5=O. The molecular weight excluding hydrogens is 1620 g/mol. The van der Waals surface area contributed by atoms with Crippen LogP contribution in [-0.2, 0) is 82.2 Å². The fourth-order valence-corrected chi connectivity index (χ4v) is 15.9. The summed E-state index contributed by atoms with van der Waals surface area (Å²) < 4.78 is 52.2. The number of hydrogen-bond acceptors (Lipinski definition) is 18. The van der Waals surface area contributed by atoms with Gasteiger partial charge in [0.25, 0.3) is 23.6 Å². The minimum absolute atomic E-state index is 0.0326. The number of fused-ring (bicyclic) bond motifs is 2. The van der Waals surface area contributed by atoms with E-state index in [-0.39, 0.29) is 221 Å². The largest absolute Gasteiger partial charge is 0.460 e. The van der Waals surface area contributed by atoms with E-state index in [1.807, 2.05) is 48.5 Å². The van der Waals surface area contributed by atoms with Crippen LogP contribution < -0.4 is 18.9 Å². The second kappa shape index (κ2) is 36.9. The summed E-state index contributed by atoms with van der Waals surface area (Å²) in [4.78, 5) is 158. The summed E-state index contributed by atoms with van der Waals surface area (Å²) in [7, 11) is 0. The van der Waals surface area contributed by atoms with Crippen molar-refractivity contribution in [1.82, 2.24) is 19.6 Å². The lowest BCUT2D eigenvalue weighted by atomic mass is 9.80. The lowest BCUT2D eigenvalue weighted by molar-refractivity contribution is -0.145. The second-order valence-electron chi connectivity index (χ2n) is 36.9. The molecule has 2 heterocycles. The topological polar surface area (TPSA) is 258 Å². The third-order valence-electron chi connectivity index (χ3n) is 22.9. The summed E-state index contributed by atoms with van der Waals surface area (Å²) in [6.07, 6.45) is -0.537. The van der Waals surface area contributed by atoms with Crippen LogP contribution in [0.1, 0.15) is 186 Å². The molecule has 13 rings (SSSR count). The Balaban J connectivity index is 1.18. The Morgan fingerprint density at radius 1 is 0.305 bits per heavy atom. The van der Waals surface area contributed by atoms with Crippen molar-refractivity contribution >= 4 is 102 Å². The zero-order valence-electron chi connectivity index (χ0n) is 75.5. The van der Waals surface area contributed by atoms with Crippen molar-refractivity contribution in [3.05, 3.63) is 286 Å². The van der Waals surface area contributed by atoms with Gasteiger partial charge in [0.2, 0.25) is 11.8 Å². The standard InChI is InChI=1S/C106H108N4O18/c1-61(2)99(117)121-51-47-107(48-52-122-100(118)62(3)4)97(115)79(55-65-27-23-21-24-28-65)109-93(111)75-57-81(125-71-39-31-67(32-40-71)103(9,10)11)87-89-83(127-73-43-35-69(36-44-73)105(15,16)17)59-77-86-78(96(114)110(95(77)113)80(56-66-29-25-22-26-30-66)98(116)108(49-53-123-101(119)63(5)6)50-54-124-102(120)64(7)8)60-84(128-74-45-37-70(38-46-74)106(18,19)20)90(92(86)89)88-82(58-76(94(109)112)85(75)91(87)88)126-72-41-33-68(34-42-72)104(12,13)14/h21-46,57-60,79-80H,1,3,5,7,47-56H2,2,4,6,8-20H3. The van der Waals surface area contributed by atoms with Gasteiger partial charge in [0, 0.05) is 78.2 Å². The molecule has 2 aliphatic rings. The molecule has 0 radical (unpaired) electrons. The Morgan fingerprint density at radius 3 is 0.711 bits per heavy atom. The van der Waals surface area contributed by atoms with Crippen LogP contribution in [0.15, 0.2) is 231 Å². The van der Waals surface area contributed by atoms with Gasteiger partial charge in [-0.25, -0.2) is 19.2 Å². The lowest BCUT2D eigenvalue weighted by Gasteiger charge is -2.37. The highest BCUT2D eigenvalue weighted by molar-refractivity contribution is 6.45. The highest BCUT2D eigenvalue weighted by Crippen LogP contribution is 2.59. The molecule has 6 amide bonds. The normalized spacial score (nSPS) is 13.3. The maximum atomic E-state index is 17.1. The smallest absolute Gasteiger partial charge is 0.333 e. The Bertz CT molecular complexity index is 5590. The number of amides is 6. The van der Waals surface area contributed by atoms with Crippen LogP contribution in [0.4, 0.5) is 0 Å². The van der Waals surface area contributed by atoms with Crippen LogP contribution in [0.25, 0.3) is 43.1 Å². The number of ether oxygens (including phenoxy) is 8. The number of hydrogen-bond donors (Lipinski definition) is 0. The molecule has 22 heteroatoms. The fraction of sp³-hybridized carbons (Fsp3) is 0.302. The predicted octanol–water partition coefficient (Wildman–Crippen LogP) is 20.6. The predicted molar refractivity (Wildman–Crippen MR) is 494 cm³/mol. The molecular formula is C106H108N4O18. The number of benzene rings is 11. The molecule has 0 aromatic heterocycles. The summed E-state index contributed by atoms with van der Waals surface area (Å²) >= 11 is 0. The summed E-state index contributed by atoms with van der Waals surface area (Å²) in [6.45, 7) is 42.9. The molecule has 0 saturated heterocycles. The van der Waals surface area contributed by atoms with Gasteiger partial charge in [-0.15, -0.1) is 0 Å². The molecule has 2 atom stereocenters. The minimum atomic E-state index is -1.70. The molecule has 128 heavy (non-hydrogen) atoms. The van der Waals surface area contributed by atoms with Gasteiger partial charge in [-0.1, -0.05) is 219 Å². The molecule has 22 nitrogen and oxygen atoms in total. The molecule has 11 aromatic carbocycles. The van der Waals surface area contributed by atoms with E-state index < -0.39 is 71.4 Å². The third kappa shape index (κ3) is 19.5. The third-order valence-corrected chi connectivity index (χ3v) is 22.9. The Morgan fingerprint density at radius 2 is 0.516 bits per heavy atom. The maximum Gasteiger partial charge on any atom is 0.333 e. The monoisotopic (exact) mass is 1720 g/mol. The maximum absolute atomic E-state index is 17.1. The Hall–Kier alpha value is -14.0. The molecule has 0 N–H and O–H groups in total. The summed E-state index contributed by atoms with van der Waals surface area (Å²) in [5.41, 5.74) is 3.25. The molecule has 660 valence electrons. The first-order valence-electron chi connectivity index (χ1n) is 42.7. The van der Waals surface area contributed by atoms with E-state index in [9.17, 15) is 19.2 Å². The first-order valence-corrected chi connectivity index (χ1v) is 42.7. The Labute approximate surface area is 746 Å². The van der Waals surface area contributed by atoms with Crippen molar-refractivity contribution in [1.29, 1.82) is 0 Å². The van der Waals surface area contributed by atoms with Crippen molar-refractivity contribution < 1.29 is 85.8 Å². The molecule has 2 aliphatic heterocycles. The molecule has 11 aromatic rings. The van der Waals surface area contributed by atoms with Gasteiger partial charge in [0.15, 0.2) is 0 Å². The second-order valence-corrected chi connectivity index (χ2v) is 36.9. The van der Waals surface area contributed by atoms with Gasteiger partial charge in [0.1, 0.15) is 84.5 Å². The van der Waals surface area contributed by atoms with Crippen molar-refractivity contribution in [2.75, 3.05) is 52.6 Å². The van der Waals surface area contributed by atoms with Gasteiger partial charge < -0.3 is 47.7 Å². The van der Waals surface area contributed by atoms with Crippen molar-refractivity contribution in [3.63, 3.8) is 0 Å². The van der Waals surface area contributed by atoms with E-state index >= 15 is 28.8 Å².